The van der Waals surface area contributed by atoms with Gasteiger partial charge in [0.2, 0.25) is 0 Å². The molecular formula is C15H19NS. The maximum absolute atomic E-state index is 5.91. The molecule has 1 unspecified atom stereocenters. The van der Waals surface area contributed by atoms with Crippen molar-refractivity contribution in [2.24, 2.45) is 5.73 Å². The molecule has 2 N–H and O–H groups in total. The molecule has 2 aromatic rings. The van der Waals surface area contributed by atoms with Gasteiger partial charge in [-0.25, -0.2) is 0 Å². The molecule has 0 saturated heterocycles. The molecule has 2 rings (SSSR count). The zero-order chi connectivity index (χ0) is 12.3. The Hall–Kier alpha value is -1.12. The summed E-state index contributed by atoms with van der Waals surface area (Å²) in [5, 5.41) is 0. The minimum absolute atomic E-state index is 0.132. The molecule has 1 atom stereocenters. The lowest BCUT2D eigenvalue weighted by molar-refractivity contribution is 0.838. The van der Waals surface area contributed by atoms with E-state index < -0.39 is 0 Å². The van der Waals surface area contributed by atoms with Gasteiger partial charge in [0.25, 0.3) is 0 Å². The lowest BCUT2D eigenvalue weighted by Gasteiger charge is -2.06. The molecule has 1 aromatic carbocycles. The van der Waals surface area contributed by atoms with E-state index in [0.717, 1.165) is 6.42 Å². The van der Waals surface area contributed by atoms with Crippen LogP contribution in [0.3, 0.4) is 0 Å². The molecule has 90 valence electrons. The van der Waals surface area contributed by atoms with E-state index in [4.69, 9.17) is 5.73 Å². The summed E-state index contributed by atoms with van der Waals surface area (Å²) in [4.78, 5) is 2.59. The molecule has 0 fully saturated rings. The molecule has 17 heavy (non-hydrogen) atoms. The van der Waals surface area contributed by atoms with Crippen LogP contribution in [0.4, 0.5) is 0 Å². The average molecular weight is 245 g/mol. The highest BCUT2D eigenvalue weighted by Crippen LogP contribution is 2.33. The highest BCUT2D eigenvalue weighted by atomic mass is 32.1. The molecule has 2 heteroatoms. The molecule has 0 radical (unpaired) electrons. The quantitative estimate of drug-likeness (QED) is 0.849. The maximum Gasteiger partial charge on any atom is 0.0361 e. The number of nitrogens with two attached hydrogens (primary N) is 1. The Morgan fingerprint density at radius 2 is 1.94 bits per heavy atom. The fourth-order valence-electron chi connectivity index (χ4n) is 1.99. The van der Waals surface area contributed by atoms with Crippen molar-refractivity contribution in [3.63, 3.8) is 0 Å². The van der Waals surface area contributed by atoms with Crippen LogP contribution in [-0.2, 0) is 6.42 Å². The summed E-state index contributed by atoms with van der Waals surface area (Å²) >= 11 is 1.81. The number of hydrogen-bond acceptors (Lipinski definition) is 2. The fraction of sp³-hybridized carbons (Fsp3) is 0.333. The Balaban J connectivity index is 2.38. The predicted octanol–water partition coefficient (Wildman–Crippen LogP) is 4.39. The third kappa shape index (κ3) is 2.76. The van der Waals surface area contributed by atoms with Crippen molar-refractivity contribution in [3.8, 4) is 10.4 Å². The number of rotatable bonds is 4. The topological polar surface area (TPSA) is 26.0 Å². The standard InChI is InChI=1S/C15H19NS/c1-3-6-12-7-4-5-8-13(12)15-10-9-14(17-15)11(2)16/h4-5,7-11H,3,6,16H2,1-2H3. The van der Waals surface area contributed by atoms with Crippen LogP contribution in [-0.4, -0.2) is 0 Å². The van der Waals surface area contributed by atoms with Gasteiger partial charge in [-0.2, -0.15) is 0 Å². The van der Waals surface area contributed by atoms with Crippen molar-refractivity contribution in [1.82, 2.24) is 0 Å². The molecule has 0 aliphatic rings. The second-order valence-electron chi connectivity index (χ2n) is 4.40. The van der Waals surface area contributed by atoms with Crippen molar-refractivity contribution in [2.75, 3.05) is 0 Å². The van der Waals surface area contributed by atoms with E-state index in [1.54, 1.807) is 0 Å². The lowest BCUT2D eigenvalue weighted by atomic mass is 10.0. The molecule has 1 aromatic heterocycles. The van der Waals surface area contributed by atoms with Crippen LogP contribution in [0.1, 0.15) is 36.8 Å². The van der Waals surface area contributed by atoms with Crippen molar-refractivity contribution in [1.29, 1.82) is 0 Å². The van der Waals surface area contributed by atoms with E-state index in [1.165, 1.54) is 27.3 Å². The zero-order valence-corrected chi connectivity index (χ0v) is 11.3. The molecule has 0 aliphatic heterocycles. The minimum atomic E-state index is 0.132. The van der Waals surface area contributed by atoms with Gasteiger partial charge in [-0.15, -0.1) is 11.3 Å². The summed E-state index contributed by atoms with van der Waals surface area (Å²) in [6.45, 7) is 4.26. The first-order valence-electron chi connectivity index (χ1n) is 6.16. The maximum atomic E-state index is 5.91. The summed E-state index contributed by atoms with van der Waals surface area (Å²) in [7, 11) is 0. The molecule has 0 amide bonds. The second kappa shape index (κ2) is 5.48. The highest BCUT2D eigenvalue weighted by molar-refractivity contribution is 7.15. The van der Waals surface area contributed by atoms with Crippen molar-refractivity contribution in [2.45, 2.75) is 32.7 Å². The third-order valence-corrected chi connectivity index (χ3v) is 4.20. The van der Waals surface area contributed by atoms with E-state index in [-0.39, 0.29) is 6.04 Å². The van der Waals surface area contributed by atoms with E-state index in [2.05, 4.69) is 43.3 Å². The van der Waals surface area contributed by atoms with E-state index in [0.29, 0.717) is 0 Å². The summed E-state index contributed by atoms with van der Waals surface area (Å²) < 4.78 is 0. The number of benzene rings is 1. The molecule has 0 bridgehead atoms. The Labute approximate surface area is 107 Å². The van der Waals surface area contributed by atoms with E-state index in [9.17, 15) is 0 Å². The summed E-state index contributed by atoms with van der Waals surface area (Å²) in [5.74, 6) is 0. The van der Waals surface area contributed by atoms with Gasteiger partial charge in [0.05, 0.1) is 0 Å². The van der Waals surface area contributed by atoms with E-state index in [1.807, 2.05) is 18.3 Å². The summed E-state index contributed by atoms with van der Waals surface area (Å²) in [6.07, 6.45) is 2.32. The van der Waals surface area contributed by atoms with Crippen LogP contribution in [0.5, 0.6) is 0 Å². The van der Waals surface area contributed by atoms with Gasteiger partial charge in [0.15, 0.2) is 0 Å². The monoisotopic (exact) mass is 245 g/mol. The molecule has 0 aliphatic carbocycles. The second-order valence-corrected chi connectivity index (χ2v) is 5.51. The van der Waals surface area contributed by atoms with Crippen LogP contribution in [0.15, 0.2) is 36.4 Å². The van der Waals surface area contributed by atoms with Gasteiger partial charge in [-0.3, -0.25) is 0 Å². The van der Waals surface area contributed by atoms with E-state index >= 15 is 0 Å². The lowest BCUT2D eigenvalue weighted by Crippen LogP contribution is -2.01. The summed E-state index contributed by atoms with van der Waals surface area (Å²) in [6, 6.07) is 13.1. The van der Waals surface area contributed by atoms with Crippen LogP contribution < -0.4 is 5.73 Å². The highest BCUT2D eigenvalue weighted by Gasteiger charge is 2.08. The Kier molecular flexibility index (Phi) is 3.97. The molecule has 1 nitrogen and oxygen atoms in total. The summed E-state index contributed by atoms with van der Waals surface area (Å²) in [5.41, 5.74) is 8.72. The molecule has 0 saturated carbocycles. The SMILES string of the molecule is CCCc1ccccc1-c1ccc(C(C)N)s1. The number of thiophene rings is 1. The fourth-order valence-corrected chi connectivity index (χ4v) is 3.01. The van der Waals surface area contributed by atoms with Gasteiger partial charge in [-0.1, -0.05) is 37.6 Å². The number of hydrogen-bond donors (Lipinski definition) is 1. The molecule has 0 spiro atoms. The third-order valence-electron chi connectivity index (χ3n) is 2.88. The van der Waals surface area contributed by atoms with Crippen molar-refractivity contribution < 1.29 is 0 Å². The van der Waals surface area contributed by atoms with Gasteiger partial charge < -0.3 is 5.73 Å². The van der Waals surface area contributed by atoms with Gasteiger partial charge in [-0.05, 0) is 36.6 Å². The van der Waals surface area contributed by atoms with Crippen LogP contribution in [0.2, 0.25) is 0 Å². The van der Waals surface area contributed by atoms with Crippen LogP contribution >= 0.6 is 11.3 Å². The van der Waals surface area contributed by atoms with Crippen LogP contribution in [0, 0.1) is 0 Å². The predicted molar refractivity (Wildman–Crippen MR) is 76.4 cm³/mol. The Morgan fingerprint density at radius 1 is 1.18 bits per heavy atom. The van der Waals surface area contributed by atoms with Gasteiger partial charge in [0, 0.05) is 15.8 Å². The van der Waals surface area contributed by atoms with Gasteiger partial charge >= 0.3 is 0 Å². The van der Waals surface area contributed by atoms with Gasteiger partial charge in [0.1, 0.15) is 0 Å². The largest absolute Gasteiger partial charge is 0.324 e. The smallest absolute Gasteiger partial charge is 0.0361 e. The molecule has 1 heterocycles. The van der Waals surface area contributed by atoms with Crippen molar-refractivity contribution in [3.05, 3.63) is 46.8 Å². The first-order chi connectivity index (χ1) is 8.22. The number of aryl methyl sites for hydroxylation is 1. The normalized spacial score (nSPS) is 12.6. The first kappa shape index (κ1) is 12.3. The Bertz CT molecular complexity index is 485. The average Bonchev–Trinajstić information content (AvgIpc) is 2.79. The molecular weight excluding hydrogens is 226 g/mol. The minimum Gasteiger partial charge on any atom is -0.324 e. The van der Waals surface area contributed by atoms with Crippen molar-refractivity contribution >= 4 is 11.3 Å². The van der Waals surface area contributed by atoms with Crippen LogP contribution in [0.25, 0.3) is 10.4 Å². The first-order valence-corrected chi connectivity index (χ1v) is 6.97. The zero-order valence-electron chi connectivity index (χ0n) is 10.4. The Morgan fingerprint density at radius 3 is 2.59 bits per heavy atom.